The highest BCUT2D eigenvalue weighted by molar-refractivity contribution is 5.78. The number of amides is 1. The number of aliphatic hydroxyl groups is 2. The first-order valence-electron chi connectivity index (χ1n) is 6.54. The molecule has 1 aromatic carbocycles. The first kappa shape index (κ1) is 14.0. The van der Waals surface area contributed by atoms with Crippen LogP contribution in [0.3, 0.4) is 0 Å². The fourth-order valence-electron chi connectivity index (χ4n) is 2.23. The minimum absolute atomic E-state index is 0.0720. The van der Waals surface area contributed by atoms with Gasteiger partial charge in [-0.25, -0.2) is 0 Å². The van der Waals surface area contributed by atoms with Gasteiger partial charge in [-0.2, -0.15) is 0 Å². The molecular formula is C14H20N2O3. The van der Waals surface area contributed by atoms with E-state index in [-0.39, 0.29) is 12.5 Å². The molecule has 0 bridgehead atoms. The van der Waals surface area contributed by atoms with Crippen molar-refractivity contribution in [1.29, 1.82) is 0 Å². The van der Waals surface area contributed by atoms with Gasteiger partial charge in [0.25, 0.3) is 0 Å². The van der Waals surface area contributed by atoms with Crippen molar-refractivity contribution in [3.63, 3.8) is 0 Å². The van der Waals surface area contributed by atoms with Crippen LogP contribution < -0.4 is 5.32 Å². The van der Waals surface area contributed by atoms with Crippen LogP contribution in [0.25, 0.3) is 0 Å². The molecule has 1 fully saturated rings. The average molecular weight is 264 g/mol. The predicted octanol–water partition coefficient (Wildman–Crippen LogP) is -0.617. The number of carbonyl (C=O) groups excluding carboxylic acids is 1. The number of nitrogens with one attached hydrogen (secondary N) is 1. The van der Waals surface area contributed by atoms with Crippen molar-refractivity contribution < 1.29 is 15.0 Å². The highest BCUT2D eigenvalue weighted by atomic mass is 16.3. The first-order chi connectivity index (χ1) is 9.15. The quantitative estimate of drug-likeness (QED) is 0.663. The van der Waals surface area contributed by atoms with Crippen molar-refractivity contribution in [3.05, 3.63) is 35.9 Å². The maximum Gasteiger partial charge on any atom is 0.234 e. The van der Waals surface area contributed by atoms with E-state index in [0.717, 1.165) is 6.42 Å². The molecule has 1 saturated heterocycles. The lowest BCUT2D eigenvalue weighted by Crippen LogP contribution is -2.37. The van der Waals surface area contributed by atoms with Gasteiger partial charge in [-0.15, -0.1) is 0 Å². The molecule has 2 atom stereocenters. The minimum atomic E-state index is -0.739. The number of carbonyl (C=O) groups is 1. The van der Waals surface area contributed by atoms with Crippen molar-refractivity contribution in [1.82, 2.24) is 10.2 Å². The van der Waals surface area contributed by atoms with Crippen LogP contribution in [0.15, 0.2) is 30.3 Å². The molecule has 2 rings (SSSR count). The predicted molar refractivity (Wildman–Crippen MR) is 71.6 cm³/mol. The zero-order valence-corrected chi connectivity index (χ0v) is 10.8. The fourth-order valence-corrected chi connectivity index (χ4v) is 2.23. The van der Waals surface area contributed by atoms with E-state index in [4.69, 9.17) is 0 Å². The number of β-amino-alcohol motifs (C(OH)–C–C–N with tert-alkyl or cyclic N) is 2. The van der Waals surface area contributed by atoms with Crippen molar-refractivity contribution in [2.24, 2.45) is 0 Å². The van der Waals surface area contributed by atoms with Crippen LogP contribution in [0, 0.1) is 0 Å². The number of rotatable bonds is 5. The molecular weight excluding hydrogens is 244 g/mol. The van der Waals surface area contributed by atoms with Crippen LogP contribution in [0.4, 0.5) is 0 Å². The maximum absolute atomic E-state index is 11.7. The molecule has 19 heavy (non-hydrogen) atoms. The van der Waals surface area contributed by atoms with Crippen LogP contribution in [-0.2, 0) is 11.2 Å². The molecule has 0 aromatic heterocycles. The van der Waals surface area contributed by atoms with Gasteiger partial charge in [0.2, 0.25) is 5.91 Å². The molecule has 0 unspecified atom stereocenters. The standard InChI is InChI=1S/C14H20N2O3/c17-12-8-16(9-13(12)18)10-14(19)15-7-6-11-4-2-1-3-5-11/h1-5,12-13,17-18H,6-10H2,(H,15,19)/t12-,13+. The Hall–Kier alpha value is -1.43. The second-order valence-corrected chi connectivity index (χ2v) is 4.91. The van der Waals surface area contributed by atoms with Crippen molar-refractivity contribution in [2.45, 2.75) is 18.6 Å². The Labute approximate surface area is 112 Å². The second kappa shape index (κ2) is 6.65. The Balaban J connectivity index is 1.65. The van der Waals surface area contributed by atoms with E-state index in [2.05, 4.69) is 5.32 Å². The summed E-state index contributed by atoms with van der Waals surface area (Å²) in [5.74, 6) is -0.0720. The summed E-state index contributed by atoms with van der Waals surface area (Å²) < 4.78 is 0. The Morgan fingerprint density at radius 1 is 1.21 bits per heavy atom. The van der Waals surface area contributed by atoms with Crippen LogP contribution in [-0.4, -0.2) is 59.4 Å². The number of hydrogen-bond donors (Lipinski definition) is 3. The van der Waals surface area contributed by atoms with Crippen LogP contribution in [0.5, 0.6) is 0 Å². The number of benzene rings is 1. The SMILES string of the molecule is O=C(CN1C[C@@H](O)[C@@H](O)C1)NCCc1ccccc1. The maximum atomic E-state index is 11.7. The topological polar surface area (TPSA) is 72.8 Å². The normalized spacial score (nSPS) is 23.5. The number of likely N-dealkylation sites (tertiary alicyclic amines) is 1. The van der Waals surface area contributed by atoms with Crippen molar-refractivity contribution in [3.8, 4) is 0 Å². The summed E-state index contributed by atoms with van der Waals surface area (Å²) in [6.07, 6.45) is -0.674. The van der Waals surface area contributed by atoms with E-state index in [1.54, 1.807) is 4.90 Å². The molecule has 104 valence electrons. The van der Waals surface area contributed by atoms with E-state index in [1.807, 2.05) is 30.3 Å². The number of aliphatic hydroxyl groups excluding tert-OH is 2. The Morgan fingerprint density at radius 2 is 1.84 bits per heavy atom. The Bertz CT molecular complexity index is 400. The third-order valence-electron chi connectivity index (χ3n) is 3.28. The van der Waals surface area contributed by atoms with Crippen LogP contribution in [0.1, 0.15) is 5.56 Å². The lowest BCUT2D eigenvalue weighted by Gasteiger charge is -2.14. The molecule has 1 aliphatic heterocycles. The first-order valence-corrected chi connectivity index (χ1v) is 6.54. The largest absolute Gasteiger partial charge is 0.389 e. The van der Waals surface area contributed by atoms with E-state index in [0.29, 0.717) is 19.6 Å². The van der Waals surface area contributed by atoms with E-state index < -0.39 is 12.2 Å². The lowest BCUT2D eigenvalue weighted by molar-refractivity contribution is -0.122. The molecule has 1 heterocycles. The monoisotopic (exact) mass is 264 g/mol. The van der Waals surface area contributed by atoms with Crippen molar-refractivity contribution in [2.75, 3.05) is 26.2 Å². The fraction of sp³-hybridized carbons (Fsp3) is 0.500. The molecule has 5 nitrogen and oxygen atoms in total. The summed E-state index contributed by atoms with van der Waals surface area (Å²) >= 11 is 0. The summed E-state index contributed by atoms with van der Waals surface area (Å²) in [7, 11) is 0. The van der Waals surface area contributed by atoms with E-state index in [1.165, 1.54) is 5.56 Å². The number of nitrogens with zero attached hydrogens (tertiary/aromatic N) is 1. The summed E-state index contributed by atoms with van der Waals surface area (Å²) in [4.78, 5) is 13.4. The van der Waals surface area contributed by atoms with Gasteiger partial charge in [-0.05, 0) is 12.0 Å². The van der Waals surface area contributed by atoms with E-state index in [9.17, 15) is 15.0 Å². The molecule has 0 saturated carbocycles. The minimum Gasteiger partial charge on any atom is -0.389 e. The van der Waals surface area contributed by atoms with Gasteiger partial charge in [-0.3, -0.25) is 9.69 Å². The van der Waals surface area contributed by atoms with Gasteiger partial charge in [0.05, 0.1) is 18.8 Å². The lowest BCUT2D eigenvalue weighted by atomic mass is 10.1. The molecule has 1 aromatic rings. The van der Waals surface area contributed by atoms with E-state index >= 15 is 0 Å². The van der Waals surface area contributed by atoms with Gasteiger partial charge in [-0.1, -0.05) is 30.3 Å². The highest BCUT2D eigenvalue weighted by Crippen LogP contribution is 2.08. The Morgan fingerprint density at radius 3 is 2.47 bits per heavy atom. The summed E-state index contributed by atoms with van der Waals surface area (Å²) in [5.41, 5.74) is 1.19. The molecule has 3 N–H and O–H groups in total. The third-order valence-corrected chi connectivity index (χ3v) is 3.28. The van der Waals surface area contributed by atoms with Crippen LogP contribution >= 0.6 is 0 Å². The zero-order valence-electron chi connectivity index (χ0n) is 10.8. The van der Waals surface area contributed by atoms with Gasteiger partial charge in [0.1, 0.15) is 0 Å². The second-order valence-electron chi connectivity index (χ2n) is 4.91. The molecule has 1 aliphatic rings. The summed E-state index contributed by atoms with van der Waals surface area (Å²) in [6, 6.07) is 9.97. The van der Waals surface area contributed by atoms with Gasteiger partial charge >= 0.3 is 0 Å². The number of hydrogen-bond acceptors (Lipinski definition) is 4. The molecule has 0 radical (unpaired) electrons. The highest BCUT2D eigenvalue weighted by Gasteiger charge is 2.30. The van der Waals surface area contributed by atoms with Gasteiger partial charge in [0, 0.05) is 19.6 Å². The summed E-state index contributed by atoms with van der Waals surface area (Å²) in [5, 5.41) is 21.6. The average Bonchev–Trinajstić information content (AvgIpc) is 2.69. The molecule has 1 amide bonds. The smallest absolute Gasteiger partial charge is 0.234 e. The third kappa shape index (κ3) is 4.31. The van der Waals surface area contributed by atoms with Gasteiger partial charge in [0.15, 0.2) is 0 Å². The van der Waals surface area contributed by atoms with Gasteiger partial charge < -0.3 is 15.5 Å². The van der Waals surface area contributed by atoms with Crippen LogP contribution in [0.2, 0.25) is 0 Å². The molecule has 5 heteroatoms. The summed E-state index contributed by atoms with van der Waals surface area (Å²) in [6.45, 7) is 1.53. The Kier molecular flexibility index (Phi) is 4.90. The zero-order chi connectivity index (χ0) is 13.7. The molecule has 0 aliphatic carbocycles. The molecule has 0 spiro atoms. The van der Waals surface area contributed by atoms with Crippen molar-refractivity contribution >= 4 is 5.91 Å².